The van der Waals surface area contributed by atoms with Crippen molar-refractivity contribution in [3.63, 3.8) is 0 Å². The molecule has 0 radical (unpaired) electrons. The molecule has 1 aliphatic rings. The predicted molar refractivity (Wildman–Crippen MR) is 85.1 cm³/mol. The van der Waals surface area contributed by atoms with Crippen LogP contribution in [-0.2, 0) is 12.0 Å². The van der Waals surface area contributed by atoms with E-state index >= 15 is 0 Å². The molecule has 1 aliphatic heterocycles. The quantitative estimate of drug-likeness (QED) is 0.912. The number of nitrogens with zero attached hydrogens (tertiary/aromatic N) is 1. The summed E-state index contributed by atoms with van der Waals surface area (Å²) in [6, 6.07) is 4.66. The Labute approximate surface area is 123 Å². The molecule has 112 valence electrons. The van der Waals surface area contributed by atoms with Gasteiger partial charge >= 0.3 is 0 Å². The van der Waals surface area contributed by atoms with Crippen LogP contribution < -0.4 is 0 Å². The molecule has 0 aliphatic carbocycles. The SMILES string of the molecule is CCC1(O)CN(Cc2c(C)cc(C(C)(C)C)cc2C)C1. The number of aryl methyl sites for hydroxylation is 2. The summed E-state index contributed by atoms with van der Waals surface area (Å²) in [4.78, 5) is 2.34. The maximum Gasteiger partial charge on any atom is 0.0897 e. The summed E-state index contributed by atoms with van der Waals surface area (Å²) in [6.45, 7) is 15.9. The fourth-order valence-corrected chi connectivity index (χ4v) is 3.02. The van der Waals surface area contributed by atoms with Crippen molar-refractivity contribution in [1.82, 2.24) is 4.90 Å². The van der Waals surface area contributed by atoms with Crippen molar-refractivity contribution in [2.45, 2.75) is 65.5 Å². The van der Waals surface area contributed by atoms with Crippen LogP contribution in [0.5, 0.6) is 0 Å². The maximum absolute atomic E-state index is 10.1. The highest BCUT2D eigenvalue weighted by Gasteiger charge is 2.39. The molecule has 0 saturated carbocycles. The minimum atomic E-state index is -0.437. The van der Waals surface area contributed by atoms with Gasteiger partial charge in [-0.1, -0.05) is 39.8 Å². The molecule has 2 nitrogen and oxygen atoms in total. The number of hydrogen-bond acceptors (Lipinski definition) is 2. The maximum atomic E-state index is 10.1. The largest absolute Gasteiger partial charge is 0.387 e. The molecule has 0 atom stereocenters. The van der Waals surface area contributed by atoms with Gasteiger partial charge in [0.2, 0.25) is 0 Å². The van der Waals surface area contributed by atoms with Crippen molar-refractivity contribution in [3.05, 3.63) is 34.4 Å². The van der Waals surface area contributed by atoms with E-state index in [9.17, 15) is 5.11 Å². The van der Waals surface area contributed by atoms with Gasteiger partial charge in [0.15, 0.2) is 0 Å². The molecule has 1 N–H and O–H groups in total. The Hall–Kier alpha value is -0.860. The Balaban J connectivity index is 2.14. The molecular weight excluding hydrogens is 246 g/mol. The average molecular weight is 275 g/mol. The summed E-state index contributed by atoms with van der Waals surface area (Å²) >= 11 is 0. The summed E-state index contributed by atoms with van der Waals surface area (Å²) in [6.07, 6.45) is 0.852. The first-order valence-corrected chi connectivity index (χ1v) is 7.70. The van der Waals surface area contributed by atoms with Crippen LogP contribution in [-0.4, -0.2) is 28.7 Å². The van der Waals surface area contributed by atoms with Crippen molar-refractivity contribution in [1.29, 1.82) is 0 Å². The Morgan fingerprint density at radius 2 is 1.65 bits per heavy atom. The molecule has 0 aromatic heterocycles. The van der Waals surface area contributed by atoms with Crippen molar-refractivity contribution in [2.75, 3.05) is 13.1 Å². The number of β-amino-alcohol motifs (C(OH)–C–C–N with tert-alkyl or cyclic N) is 1. The van der Waals surface area contributed by atoms with Gasteiger partial charge in [-0.05, 0) is 47.9 Å². The number of hydrogen-bond donors (Lipinski definition) is 1. The fourth-order valence-electron chi connectivity index (χ4n) is 3.02. The first kappa shape index (κ1) is 15.5. The average Bonchev–Trinajstić information content (AvgIpc) is 2.29. The highest BCUT2D eigenvalue weighted by molar-refractivity contribution is 5.40. The van der Waals surface area contributed by atoms with Crippen molar-refractivity contribution in [3.8, 4) is 0 Å². The third-order valence-electron chi connectivity index (χ3n) is 4.64. The van der Waals surface area contributed by atoms with E-state index in [1.807, 2.05) is 0 Å². The number of rotatable bonds is 3. The third kappa shape index (κ3) is 3.07. The zero-order chi connectivity index (χ0) is 15.1. The normalized spacial score (nSPS) is 18.9. The number of benzene rings is 1. The van der Waals surface area contributed by atoms with Gasteiger partial charge in [0.25, 0.3) is 0 Å². The summed E-state index contributed by atoms with van der Waals surface area (Å²) < 4.78 is 0. The van der Waals surface area contributed by atoms with E-state index in [0.29, 0.717) is 0 Å². The Bertz CT molecular complexity index is 470. The van der Waals surface area contributed by atoms with Gasteiger partial charge in [-0.25, -0.2) is 0 Å². The van der Waals surface area contributed by atoms with E-state index in [-0.39, 0.29) is 5.41 Å². The summed E-state index contributed by atoms with van der Waals surface area (Å²) in [7, 11) is 0. The zero-order valence-electron chi connectivity index (χ0n) is 13.9. The summed E-state index contributed by atoms with van der Waals surface area (Å²) in [5, 5.41) is 10.1. The second kappa shape index (κ2) is 5.16. The molecular formula is C18H29NO. The van der Waals surface area contributed by atoms with Crippen LogP contribution in [0.3, 0.4) is 0 Å². The lowest BCUT2D eigenvalue weighted by Gasteiger charge is -2.46. The fraction of sp³-hybridized carbons (Fsp3) is 0.667. The van der Waals surface area contributed by atoms with E-state index in [1.165, 1.54) is 22.3 Å². The molecule has 0 amide bonds. The Kier molecular flexibility index (Phi) is 4.01. The van der Waals surface area contributed by atoms with Crippen molar-refractivity contribution in [2.24, 2.45) is 0 Å². The second-order valence-electron chi connectivity index (χ2n) is 7.56. The lowest BCUT2D eigenvalue weighted by molar-refractivity contribution is -0.103. The van der Waals surface area contributed by atoms with Crippen LogP contribution in [0, 0.1) is 13.8 Å². The third-order valence-corrected chi connectivity index (χ3v) is 4.64. The minimum Gasteiger partial charge on any atom is -0.387 e. The highest BCUT2D eigenvalue weighted by Crippen LogP contribution is 2.30. The molecule has 0 spiro atoms. The first-order valence-electron chi connectivity index (χ1n) is 7.70. The topological polar surface area (TPSA) is 23.5 Å². The number of likely N-dealkylation sites (tertiary alicyclic amines) is 1. The highest BCUT2D eigenvalue weighted by atomic mass is 16.3. The molecule has 0 bridgehead atoms. The van der Waals surface area contributed by atoms with Gasteiger partial charge in [0.1, 0.15) is 0 Å². The zero-order valence-corrected chi connectivity index (χ0v) is 13.9. The molecule has 1 aromatic rings. The molecule has 2 rings (SSSR count). The van der Waals surface area contributed by atoms with Gasteiger partial charge < -0.3 is 5.11 Å². The van der Waals surface area contributed by atoms with E-state index < -0.39 is 5.60 Å². The smallest absolute Gasteiger partial charge is 0.0897 e. The van der Waals surface area contributed by atoms with E-state index in [0.717, 1.165) is 26.1 Å². The van der Waals surface area contributed by atoms with E-state index in [1.54, 1.807) is 0 Å². The van der Waals surface area contributed by atoms with Crippen LogP contribution in [0.25, 0.3) is 0 Å². The molecule has 1 fully saturated rings. The summed E-state index contributed by atoms with van der Waals surface area (Å²) in [5.74, 6) is 0. The Morgan fingerprint density at radius 3 is 2.05 bits per heavy atom. The molecule has 1 aromatic carbocycles. The van der Waals surface area contributed by atoms with Crippen molar-refractivity contribution >= 4 is 0 Å². The molecule has 2 heteroatoms. The lowest BCUT2D eigenvalue weighted by Crippen LogP contribution is -2.60. The van der Waals surface area contributed by atoms with Gasteiger partial charge in [-0.2, -0.15) is 0 Å². The van der Waals surface area contributed by atoms with E-state index in [4.69, 9.17) is 0 Å². The monoisotopic (exact) mass is 275 g/mol. The van der Waals surface area contributed by atoms with Crippen LogP contribution >= 0.6 is 0 Å². The summed E-state index contributed by atoms with van der Waals surface area (Å²) in [5.41, 5.74) is 5.35. The Morgan fingerprint density at radius 1 is 1.15 bits per heavy atom. The minimum absolute atomic E-state index is 0.202. The molecule has 20 heavy (non-hydrogen) atoms. The van der Waals surface area contributed by atoms with E-state index in [2.05, 4.69) is 58.6 Å². The molecule has 1 heterocycles. The molecule has 0 unspecified atom stereocenters. The van der Waals surface area contributed by atoms with Crippen LogP contribution in [0.15, 0.2) is 12.1 Å². The molecule has 1 saturated heterocycles. The van der Waals surface area contributed by atoms with Crippen LogP contribution in [0.4, 0.5) is 0 Å². The number of aliphatic hydroxyl groups is 1. The first-order chi connectivity index (χ1) is 9.14. The van der Waals surface area contributed by atoms with Gasteiger partial charge in [-0.15, -0.1) is 0 Å². The standard InChI is InChI=1S/C18H29NO/c1-7-18(20)11-19(12-18)10-16-13(2)8-15(9-14(16)3)17(4,5)6/h8-9,20H,7,10-12H2,1-6H3. The van der Waals surface area contributed by atoms with Crippen LogP contribution in [0.1, 0.15) is 56.4 Å². The van der Waals surface area contributed by atoms with Gasteiger partial charge in [-0.3, -0.25) is 4.90 Å². The second-order valence-corrected chi connectivity index (χ2v) is 7.56. The van der Waals surface area contributed by atoms with Crippen molar-refractivity contribution < 1.29 is 5.11 Å². The van der Waals surface area contributed by atoms with Gasteiger partial charge in [0.05, 0.1) is 5.60 Å². The van der Waals surface area contributed by atoms with Gasteiger partial charge in [0, 0.05) is 19.6 Å². The predicted octanol–water partition coefficient (Wildman–Crippen LogP) is 3.56. The lowest BCUT2D eigenvalue weighted by atomic mass is 9.83. The van der Waals surface area contributed by atoms with Crippen LogP contribution in [0.2, 0.25) is 0 Å².